The molecule has 5 heteroatoms. The van der Waals surface area contributed by atoms with Crippen molar-refractivity contribution in [1.82, 2.24) is 0 Å². The molecule has 0 saturated carbocycles. The summed E-state index contributed by atoms with van der Waals surface area (Å²) in [5, 5.41) is 0. The van der Waals surface area contributed by atoms with Gasteiger partial charge in [0.05, 0.1) is 0 Å². The van der Waals surface area contributed by atoms with E-state index in [0.717, 1.165) is 36.1 Å². The molecular formula is C13H17BrN2OS. The van der Waals surface area contributed by atoms with Crippen LogP contribution in [0.5, 0.6) is 0 Å². The summed E-state index contributed by atoms with van der Waals surface area (Å²) in [6.07, 6.45) is 2.15. The lowest BCUT2D eigenvalue weighted by Crippen LogP contribution is -2.36. The molecule has 0 amide bonds. The minimum absolute atomic E-state index is 0.419. The maximum absolute atomic E-state index is 5.65. The van der Waals surface area contributed by atoms with Crippen molar-refractivity contribution < 1.29 is 4.74 Å². The van der Waals surface area contributed by atoms with Crippen LogP contribution in [-0.2, 0) is 4.74 Å². The Labute approximate surface area is 121 Å². The molecule has 2 N–H and O–H groups in total. The van der Waals surface area contributed by atoms with E-state index >= 15 is 0 Å². The predicted molar refractivity (Wildman–Crippen MR) is 82.3 cm³/mol. The molecule has 2 rings (SSSR count). The second-order valence-electron chi connectivity index (χ2n) is 4.48. The third-order valence-electron chi connectivity index (χ3n) is 3.36. The zero-order chi connectivity index (χ0) is 13.1. The molecule has 0 spiro atoms. The lowest BCUT2D eigenvalue weighted by molar-refractivity contribution is 0.0855. The van der Waals surface area contributed by atoms with Crippen molar-refractivity contribution in [1.29, 1.82) is 0 Å². The molecule has 0 atom stereocenters. The van der Waals surface area contributed by atoms with Gasteiger partial charge in [0.1, 0.15) is 4.99 Å². The maximum Gasteiger partial charge on any atom is 0.105 e. The monoisotopic (exact) mass is 328 g/mol. The Morgan fingerprint density at radius 2 is 2.11 bits per heavy atom. The van der Waals surface area contributed by atoms with E-state index in [1.165, 1.54) is 5.69 Å². The molecule has 0 aliphatic carbocycles. The number of hydrogen-bond acceptors (Lipinski definition) is 3. The van der Waals surface area contributed by atoms with E-state index in [-0.39, 0.29) is 0 Å². The van der Waals surface area contributed by atoms with Gasteiger partial charge in [-0.2, -0.15) is 0 Å². The molecule has 1 aromatic rings. The van der Waals surface area contributed by atoms with Crippen LogP contribution in [0.4, 0.5) is 5.69 Å². The quantitative estimate of drug-likeness (QED) is 0.866. The first-order valence-electron chi connectivity index (χ1n) is 5.99. The van der Waals surface area contributed by atoms with Gasteiger partial charge in [0.15, 0.2) is 0 Å². The average Bonchev–Trinajstić information content (AvgIpc) is 2.38. The van der Waals surface area contributed by atoms with Gasteiger partial charge in [-0.05, 0) is 47.0 Å². The number of nitrogens with two attached hydrogens (primary N) is 1. The van der Waals surface area contributed by atoms with Crippen molar-refractivity contribution in [3.05, 3.63) is 28.2 Å². The molecule has 1 aliphatic heterocycles. The first-order chi connectivity index (χ1) is 8.59. The molecule has 1 fully saturated rings. The number of rotatable bonds is 3. The van der Waals surface area contributed by atoms with Gasteiger partial charge in [0.2, 0.25) is 0 Å². The summed E-state index contributed by atoms with van der Waals surface area (Å²) >= 11 is 8.52. The minimum atomic E-state index is 0.419. The van der Waals surface area contributed by atoms with Gasteiger partial charge in [-0.3, -0.25) is 0 Å². The van der Waals surface area contributed by atoms with Crippen molar-refractivity contribution in [2.45, 2.75) is 18.9 Å². The van der Waals surface area contributed by atoms with Gasteiger partial charge in [0, 0.05) is 42.0 Å². The average molecular weight is 329 g/mol. The highest BCUT2D eigenvalue weighted by molar-refractivity contribution is 9.10. The second kappa shape index (κ2) is 5.99. The Bertz CT molecular complexity index is 447. The summed E-state index contributed by atoms with van der Waals surface area (Å²) in [6.45, 7) is 1.70. The Kier molecular flexibility index (Phi) is 4.59. The number of nitrogens with zero attached hydrogens (tertiary/aromatic N) is 1. The van der Waals surface area contributed by atoms with Crippen LogP contribution >= 0.6 is 28.1 Å². The van der Waals surface area contributed by atoms with E-state index in [4.69, 9.17) is 22.7 Å². The minimum Gasteiger partial charge on any atom is -0.389 e. The SMILES string of the molecule is CN(c1ccc(C(N)=S)c(Br)c1)C1CCOCC1. The number of anilines is 1. The molecule has 3 nitrogen and oxygen atoms in total. The molecule has 0 aromatic heterocycles. The summed E-state index contributed by atoms with van der Waals surface area (Å²) in [7, 11) is 2.12. The van der Waals surface area contributed by atoms with E-state index in [2.05, 4.69) is 40.0 Å². The molecule has 1 aromatic carbocycles. The molecule has 1 saturated heterocycles. The first kappa shape index (κ1) is 13.8. The molecule has 1 aliphatic rings. The van der Waals surface area contributed by atoms with E-state index in [1.54, 1.807) is 0 Å². The van der Waals surface area contributed by atoms with Gasteiger partial charge in [-0.25, -0.2) is 0 Å². The first-order valence-corrected chi connectivity index (χ1v) is 7.19. The van der Waals surface area contributed by atoms with Crippen LogP contribution in [0.15, 0.2) is 22.7 Å². The number of halogens is 1. The summed E-state index contributed by atoms with van der Waals surface area (Å²) in [5.74, 6) is 0. The number of thiocarbonyl (C=S) groups is 1. The van der Waals surface area contributed by atoms with Gasteiger partial charge >= 0.3 is 0 Å². The van der Waals surface area contributed by atoms with Crippen LogP contribution in [0.2, 0.25) is 0 Å². The standard InChI is InChI=1S/C13H17BrN2OS/c1-16(9-4-6-17-7-5-9)10-2-3-11(13(15)18)12(14)8-10/h2-3,8-9H,4-7H2,1H3,(H2,15,18). The van der Waals surface area contributed by atoms with Gasteiger partial charge in [0.25, 0.3) is 0 Å². The van der Waals surface area contributed by atoms with E-state index < -0.39 is 0 Å². The van der Waals surface area contributed by atoms with Gasteiger partial charge < -0.3 is 15.4 Å². The third kappa shape index (κ3) is 3.02. The molecule has 1 heterocycles. The van der Waals surface area contributed by atoms with Crippen LogP contribution in [0.3, 0.4) is 0 Å². The van der Waals surface area contributed by atoms with E-state index in [9.17, 15) is 0 Å². The van der Waals surface area contributed by atoms with Crippen LogP contribution in [0, 0.1) is 0 Å². The van der Waals surface area contributed by atoms with Crippen LogP contribution in [-0.4, -0.2) is 31.3 Å². The lowest BCUT2D eigenvalue weighted by atomic mass is 10.1. The number of hydrogen-bond donors (Lipinski definition) is 1. The van der Waals surface area contributed by atoms with Crippen molar-refractivity contribution in [2.75, 3.05) is 25.2 Å². The lowest BCUT2D eigenvalue weighted by Gasteiger charge is -2.33. The molecule has 0 unspecified atom stereocenters. The molecule has 0 bridgehead atoms. The number of benzene rings is 1. The normalized spacial score (nSPS) is 16.6. The van der Waals surface area contributed by atoms with Crippen molar-refractivity contribution >= 4 is 38.8 Å². The Morgan fingerprint density at radius 3 is 2.67 bits per heavy atom. The van der Waals surface area contributed by atoms with Crippen LogP contribution in [0.25, 0.3) is 0 Å². The fourth-order valence-corrected chi connectivity index (χ4v) is 3.10. The topological polar surface area (TPSA) is 38.5 Å². The molecule has 98 valence electrons. The van der Waals surface area contributed by atoms with Crippen LogP contribution < -0.4 is 10.6 Å². The van der Waals surface area contributed by atoms with Crippen LogP contribution in [0.1, 0.15) is 18.4 Å². The Morgan fingerprint density at radius 1 is 1.44 bits per heavy atom. The summed E-state index contributed by atoms with van der Waals surface area (Å²) in [6, 6.07) is 6.65. The fourth-order valence-electron chi connectivity index (χ4n) is 2.21. The fraction of sp³-hybridized carbons (Fsp3) is 0.462. The predicted octanol–water partition coefficient (Wildman–Crippen LogP) is 2.70. The third-order valence-corrected chi connectivity index (χ3v) is 4.24. The Hall–Kier alpha value is -0.650. The zero-order valence-corrected chi connectivity index (χ0v) is 12.8. The Balaban J connectivity index is 2.17. The molecule has 18 heavy (non-hydrogen) atoms. The van der Waals surface area contributed by atoms with E-state index in [1.807, 2.05) is 6.07 Å². The highest BCUT2D eigenvalue weighted by Gasteiger charge is 2.19. The smallest absolute Gasteiger partial charge is 0.105 e. The highest BCUT2D eigenvalue weighted by atomic mass is 79.9. The van der Waals surface area contributed by atoms with Gasteiger partial charge in [-0.15, -0.1) is 0 Å². The van der Waals surface area contributed by atoms with Crippen molar-refractivity contribution in [3.8, 4) is 0 Å². The summed E-state index contributed by atoms with van der Waals surface area (Å²) in [4.78, 5) is 2.72. The summed E-state index contributed by atoms with van der Waals surface area (Å²) in [5.41, 5.74) is 7.71. The van der Waals surface area contributed by atoms with Crippen molar-refractivity contribution in [2.24, 2.45) is 5.73 Å². The second-order valence-corrected chi connectivity index (χ2v) is 5.78. The molecule has 0 radical (unpaired) electrons. The van der Waals surface area contributed by atoms with E-state index in [0.29, 0.717) is 11.0 Å². The molecular weight excluding hydrogens is 312 g/mol. The zero-order valence-electron chi connectivity index (χ0n) is 10.4. The van der Waals surface area contributed by atoms with Crippen molar-refractivity contribution in [3.63, 3.8) is 0 Å². The van der Waals surface area contributed by atoms with Gasteiger partial charge in [-0.1, -0.05) is 12.2 Å². The number of ether oxygens (including phenoxy) is 1. The highest BCUT2D eigenvalue weighted by Crippen LogP contribution is 2.26. The largest absolute Gasteiger partial charge is 0.389 e. The summed E-state index contributed by atoms with van der Waals surface area (Å²) < 4.78 is 6.34. The maximum atomic E-state index is 5.65.